The molecule has 0 aliphatic rings. The maximum atomic E-state index is 4.19. The van der Waals surface area contributed by atoms with Crippen molar-refractivity contribution in [2.24, 2.45) is 5.92 Å². The van der Waals surface area contributed by atoms with E-state index < -0.39 is 0 Å². The predicted molar refractivity (Wildman–Crippen MR) is 70.8 cm³/mol. The van der Waals surface area contributed by atoms with Crippen molar-refractivity contribution in [3.05, 3.63) is 11.9 Å². The van der Waals surface area contributed by atoms with Crippen LogP contribution in [-0.4, -0.2) is 21.5 Å². The molecule has 0 saturated carbocycles. The van der Waals surface area contributed by atoms with Crippen LogP contribution in [0, 0.1) is 5.92 Å². The van der Waals surface area contributed by atoms with Crippen molar-refractivity contribution in [1.29, 1.82) is 0 Å². The van der Waals surface area contributed by atoms with Gasteiger partial charge in [0.2, 0.25) is 0 Å². The summed E-state index contributed by atoms with van der Waals surface area (Å²) in [6.07, 6.45) is 5.39. The van der Waals surface area contributed by atoms with Crippen molar-refractivity contribution in [2.75, 3.05) is 6.54 Å². The third kappa shape index (κ3) is 3.53. The molecule has 0 aromatic carbocycles. The highest BCUT2D eigenvalue weighted by molar-refractivity contribution is 5.04. The van der Waals surface area contributed by atoms with Crippen molar-refractivity contribution in [2.45, 2.75) is 59.5 Å². The first kappa shape index (κ1) is 14.2. The van der Waals surface area contributed by atoms with Crippen LogP contribution in [-0.2, 0) is 6.54 Å². The molecule has 0 bridgehead atoms. The molecule has 4 nitrogen and oxygen atoms in total. The first-order valence-corrected chi connectivity index (χ1v) is 6.90. The number of rotatable bonds is 8. The SMILES string of the molecule is CCCn1nncc1C(NCC)C(CC)CC. The fraction of sp³-hybridized carbons (Fsp3) is 0.846. The van der Waals surface area contributed by atoms with Gasteiger partial charge in [-0.25, -0.2) is 4.68 Å². The van der Waals surface area contributed by atoms with Crippen LogP contribution in [0.1, 0.15) is 58.7 Å². The summed E-state index contributed by atoms with van der Waals surface area (Å²) in [5.74, 6) is 0.657. The summed E-state index contributed by atoms with van der Waals surface area (Å²) < 4.78 is 2.05. The van der Waals surface area contributed by atoms with Gasteiger partial charge in [0.1, 0.15) is 0 Å². The summed E-state index contributed by atoms with van der Waals surface area (Å²) in [5, 5.41) is 11.8. The average molecular weight is 238 g/mol. The molecule has 0 spiro atoms. The van der Waals surface area contributed by atoms with Crippen molar-refractivity contribution in [1.82, 2.24) is 20.3 Å². The molecule has 4 heteroatoms. The summed E-state index contributed by atoms with van der Waals surface area (Å²) in [5.41, 5.74) is 1.24. The normalized spacial score (nSPS) is 13.2. The predicted octanol–water partition coefficient (Wildman–Crippen LogP) is 2.77. The minimum atomic E-state index is 0.386. The van der Waals surface area contributed by atoms with Crippen molar-refractivity contribution in [3.8, 4) is 0 Å². The fourth-order valence-electron chi connectivity index (χ4n) is 2.38. The van der Waals surface area contributed by atoms with Gasteiger partial charge in [-0.05, 0) is 18.9 Å². The molecule has 1 atom stereocenters. The van der Waals surface area contributed by atoms with E-state index in [0.29, 0.717) is 12.0 Å². The van der Waals surface area contributed by atoms with Crippen LogP contribution in [0.5, 0.6) is 0 Å². The zero-order chi connectivity index (χ0) is 12.7. The largest absolute Gasteiger partial charge is 0.309 e. The molecule has 0 fully saturated rings. The second-order valence-electron chi connectivity index (χ2n) is 4.49. The van der Waals surface area contributed by atoms with E-state index in [4.69, 9.17) is 0 Å². The maximum absolute atomic E-state index is 4.19. The van der Waals surface area contributed by atoms with E-state index in [-0.39, 0.29) is 0 Å². The Kier molecular flexibility index (Phi) is 6.19. The number of aromatic nitrogens is 3. The number of aryl methyl sites for hydroxylation is 1. The molecule has 1 aromatic rings. The van der Waals surface area contributed by atoms with Gasteiger partial charge in [-0.2, -0.15) is 0 Å². The van der Waals surface area contributed by atoms with Crippen LogP contribution >= 0.6 is 0 Å². The Hall–Kier alpha value is -0.900. The van der Waals surface area contributed by atoms with Gasteiger partial charge in [-0.15, -0.1) is 5.10 Å². The van der Waals surface area contributed by atoms with Crippen LogP contribution in [0.4, 0.5) is 0 Å². The lowest BCUT2D eigenvalue weighted by Crippen LogP contribution is -2.30. The first-order valence-electron chi connectivity index (χ1n) is 6.90. The molecule has 1 unspecified atom stereocenters. The van der Waals surface area contributed by atoms with E-state index in [0.717, 1.165) is 19.5 Å². The molecule has 0 aliphatic carbocycles. The lowest BCUT2D eigenvalue weighted by atomic mass is 9.92. The second-order valence-corrected chi connectivity index (χ2v) is 4.49. The molecule has 0 amide bonds. The maximum Gasteiger partial charge on any atom is 0.0759 e. The Morgan fingerprint density at radius 1 is 1.24 bits per heavy atom. The smallest absolute Gasteiger partial charge is 0.0759 e. The van der Waals surface area contributed by atoms with Gasteiger partial charge in [0.15, 0.2) is 0 Å². The van der Waals surface area contributed by atoms with E-state index >= 15 is 0 Å². The van der Waals surface area contributed by atoms with Gasteiger partial charge in [0, 0.05) is 6.54 Å². The van der Waals surface area contributed by atoms with Crippen molar-refractivity contribution < 1.29 is 0 Å². The minimum absolute atomic E-state index is 0.386. The topological polar surface area (TPSA) is 42.7 Å². The zero-order valence-corrected chi connectivity index (χ0v) is 11.6. The molecule has 0 radical (unpaired) electrons. The number of hydrogen-bond acceptors (Lipinski definition) is 3. The molecule has 0 aliphatic heterocycles. The monoisotopic (exact) mass is 238 g/mol. The highest BCUT2D eigenvalue weighted by Gasteiger charge is 2.23. The zero-order valence-electron chi connectivity index (χ0n) is 11.6. The Balaban J connectivity index is 2.91. The van der Waals surface area contributed by atoms with Gasteiger partial charge in [0.05, 0.1) is 17.9 Å². The number of nitrogens with one attached hydrogen (secondary N) is 1. The van der Waals surface area contributed by atoms with Crippen LogP contribution in [0.25, 0.3) is 0 Å². The summed E-state index contributed by atoms with van der Waals surface area (Å²) in [6, 6.07) is 0.386. The number of hydrogen-bond donors (Lipinski definition) is 1. The highest BCUT2D eigenvalue weighted by Crippen LogP contribution is 2.26. The van der Waals surface area contributed by atoms with E-state index in [2.05, 4.69) is 43.3 Å². The van der Waals surface area contributed by atoms with Gasteiger partial charge >= 0.3 is 0 Å². The standard InChI is InChI=1S/C13H26N4/c1-5-9-17-12(10-15-16-17)13(14-8-4)11(6-2)7-3/h10-11,13-14H,5-9H2,1-4H3. The van der Waals surface area contributed by atoms with E-state index in [1.165, 1.54) is 18.5 Å². The minimum Gasteiger partial charge on any atom is -0.309 e. The van der Waals surface area contributed by atoms with Gasteiger partial charge in [-0.3, -0.25) is 0 Å². The van der Waals surface area contributed by atoms with Gasteiger partial charge in [-0.1, -0.05) is 45.7 Å². The molecule has 0 saturated heterocycles. The van der Waals surface area contributed by atoms with Crippen LogP contribution in [0.3, 0.4) is 0 Å². The Morgan fingerprint density at radius 3 is 2.47 bits per heavy atom. The molecular weight excluding hydrogens is 212 g/mol. The van der Waals surface area contributed by atoms with Crippen LogP contribution < -0.4 is 5.32 Å². The Morgan fingerprint density at radius 2 is 1.94 bits per heavy atom. The van der Waals surface area contributed by atoms with E-state index in [1.807, 2.05) is 10.9 Å². The molecular formula is C13H26N4. The third-order valence-corrected chi connectivity index (χ3v) is 3.35. The third-order valence-electron chi connectivity index (χ3n) is 3.35. The summed E-state index contributed by atoms with van der Waals surface area (Å²) in [7, 11) is 0. The Labute approximate surface area is 105 Å². The lowest BCUT2D eigenvalue weighted by Gasteiger charge is -2.26. The van der Waals surface area contributed by atoms with E-state index in [1.54, 1.807) is 0 Å². The van der Waals surface area contributed by atoms with Crippen molar-refractivity contribution >= 4 is 0 Å². The Bertz CT molecular complexity index is 304. The first-order chi connectivity index (χ1) is 8.28. The average Bonchev–Trinajstić information content (AvgIpc) is 2.78. The fourth-order valence-corrected chi connectivity index (χ4v) is 2.38. The van der Waals surface area contributed by atoms with Crippen LogP contribution in [0.2, 0.25) is 0 Å². The van der Waals surface area contributed by atoms with Crippen molar-refractivity contribution in [3.63, 3.8) is 0 Å². The van der Waals surface area contributed by atoms with E-state index in [9.17, 15) is 0 Å². The number of nitrogens with zero attached hydrogens (tertiary/aromatic N) is 3. The molecule has 1 heterocycles. The van der Waals surface area contributed by atoms with Gasteiger partial charge < -0.3 is 5.32 Å². The quantitative estimate of drug-likeness (QED) is 0.757. The second kappa shape index (κ2) is 7.43. The molecule has 17 heavy (non-hydrogen) atoms. The summed E-state index contributed by atoms with van der Waals surface area (Å²) in [6.45, 7) is 10.8. The van der Waals surface area contributed by atoms with Gasteiger partial charge in [0.25, 0.3) is 0 Å². The molecule has 1 aromatic heterocycles. The molecule has 98 valence electrons. The molecule has 1 N–H and O–H groups in total. The van der Waals surface area contributed by atoms with Crippen LogP contribution in [0.15, 0.2) is 6.20 Å². The lowest BCUT2D eigenvalue weighted by molar-refractivity contribution is 0.326. The molecule has 1 rings (SSSR count). The summed E-state index contributed by atoms with van der Waals surface area (Å²) >= 11 is 0. The highest BCUT2D eigenvalue weighted by atomic mass is 15.4. The summed E-state index contributed by atoms with van der Waals surface area (Å²) in [4.78, 5) is 0.